The second-order valence-electron chi connectivity index (χ2n) is 4.49. The maximum Gasteiger partial charge on any atom is 0.123 e. The first-order valence-corrected chi connectivity index (χ1v) is 7.68. The van der Waals surface area contributed by atoms with E-state index in [2.05, 4.69) is 61.0 Å². The summed E-state index contributed by atoms with van der Waals surface area (Å²) < 4.78 is 0. The van der Waals surface area contributed by atoms with Crippen LogP contribution < -0.4 is 0 Å². The van der Waals surface area contributed by atoms with Gasteiger partial charge in [-0.1, -0.05) is 53.5 Å². The maximum absolute atomic E-state index is 4.78. The molecule has 0 aliphatic carbocycles. The summed E-state index contributed by atoms with van der Waals surface area (Å²) >= 11 is 5.34. The fourth-order valence-electron chi connectivity index (χ4n) is 1.81. The molecule has 2 aromatic rings. The van der Waals surface area contributed by atoms with E-state index in [9.17, 15) is 0 Å². The average Bonchev–Trinajstić information content (AvgIpc) is 2.73. The molecular weight excluding hydrogens is 294 g/mol. The zero-order valence-corrected chi connectivity index (χ0v) is 12.7. The lowest BCUT2D eigenvalue weighted by Crippen LogP contribution is -1.91. The molecule has 1 heterocycles. The molecule has 0 aliphatic rings. The third-order valence-electron chi connectivity index (χ3n) is 2.66. The van der Waals surface area contributed by atoms with Crippen molar-refractivity contribution < 1.29 is 0 Å². The van der Waals surface area contributed by atoms with E-state index in [1.54, 1.807) is 11.3 Å². The van der Waals surface area contributed by atoms with Gasteiger partial charge < -0.3 is 0 Å². The molecule has 1 nitrogen and oxygen atoms in total. The summed E-state index contributed by atoms with van der Waals surface area (Å²) in [5.41, 5.74) is 3.73. The van der Waals surface area contributed by atoms with E-state index in [1.165, 1.54) is 21.7 Å². The first-order chi connectivity index (χ1) is 8.11. The maximum atomic E-state index is 4.78. The summed E-state index contributed by atoms with van der Waals surface area (Å²) in [4.78, 5) is 6.12. The highest BCUT2D eigenvalue weighted by Crippen LogP contribution is 2.33. The monoisotopic (exact) mass is 309 g/mol. The van der Waals surface area contributed by atoms with Gasteiger partial charge in [0, 0.05) is 15.8 Å². The van der Waals surface area contributed by atoms with Gasteiger partial charge in [-0.05, 0) is 18.9 Å². The molecule has 0 aliphatic heterocycles. The summed E-state index contributed by atoms with van der Waals surface area (Å²) in [6, 6.07) is 8.54. The molecule has 0 spiro atoms. The van der Waals surface area contributed by atoms with Crippen LogP contribution in [0.1, 0.15) is 35.9 Å². The molecule has 0 saturated carbocycles. The molecular formula is C14H16BrNS. The van der Waals surface area contributed by atoms with E-state index in [0.717, 1.165) is 10.3 Å². The standard InChI is InChI=1S/C14H16BrNS/c1-9(2)13-12(8-15)17-14(16-13)11-6-4-5-10(3)7-11/h4-7,9H,8H2,1-3H3. The summed E-state index contributed by atoms with van der Waals surface area (Å²) in [5, 5.41) is 2.02. The van der Waals surface area contributed by atoms with Crippen LogP contribution in [0.15, 0.2) is 24.3 Å². The fourth-order valence-corrected chi connectivity index (χ4v) is 3.51. The van der Waals surface area contributed by atoms with Crippen LogP contribution in [-0.2, 0) is 5.33 Å². The lowest BCUT2D eigenvalue weighted by Gasteiger charge is -2.01. The van der Waals surface area contributed by atoms with Gasteiger partial charge in [0.2, 0.25) is 0 Å². The molecule has 3 heteroatoms. The smallest absolute Gasteiger partial charge is 0.123 e. The highest BCUT2D eigenvalue weighted by molar-refractivity contribution is 9.08. The van der Waals surface area contributed by atoms with Crippen molar-refractivity contribution >= 4 is 27.3 Å². The largest absolute Gasteiger partial charge is 0.241 e. The van der Waals surface area contributed by atoms with Crippen molar-refractivity contribution in [3.05, 3.63) is 40.4 Å². The number of nitrogens with zero attached hydrogens (tertiary/aromatic N) is 1. The zero-order chi connectivity index (χ0) is 12.4. The minimum absolute atomic E-state index is 0.484. The average molecular weight is 310 g/mol. The number of rotatable bonds is 3. The topological polar surface area (TPSA) is 12.9 Å². The lowest BCUT2D eigenvalue weighted by molar-refractivity contribution is 0.825. The fraction of sp³-hybridized carbons (Fsp3) is 0.357. The molecule has 2 rings (SSSR count). The number of halogens is 1. The van der Waals surface area contributed by atoms with Gasteiger partial charge in [0.05, 0.1) is 5.69 Å². The Bertz CT molecular complexity index is 517. The third-order valence-corrected chi connectivity index (χ3v) is 4.71. The number of alkyl halides is 1. The summed E-state index contributed by atoms with van der Waals surface area (Å²) in [7, 11) is 0. The first-order valence-electron chi connectivity index (χ1n) is 5.74. The Hall–Kier alpha value is -0.670. The molecule has 1 aromatic carbocycles. The second-order valence-corrected chi connectivity index (χ2v) is 6.13. The highest BCUT2D eigenvalue weighted by atomic mass is 79.9. The summed E-state index contributed by atoms with van der Waals surface area (Å²) in [6.07, 6.45) is 0. The Balaban J connectivity index is 2.46. The van der Waals surface area contributed by atoms with Crippen LogP contribution >= 0.6 is 27.3 Å². The van der Waals surface area contributed by atoms with Gasteiger partial charge in [0.15, 0.2) is 0 Å². The van der Waals surface area contributed by atoms with Crippen molar-refractivity contribution in [1.29, 1.82) is 0 Å². The number of hydrogen-bond donors (Lipinski definition) is 0. The summed E-state index contributed by atoms with van der Waals surface area (Å²) in [6.45, 7) is 6.51. The van der Waals surface area contributed by atoms with Crippen LogP contribution in [0.2, 0.25) is 0 Å². The first kappa shape index (κ1) is 12.8. The number of benzene rings is 1. The molecule has 0 unspecified atom stereocenters. The highest BCUT2D eigenvalue weighted by Gasteiger charge is 2.14. The number of aryl methyl sites for hydroxylation is 1. The molecule has 0 atom stereocenters. The van der Waals surface area contributed by atoms with Gasteiger partial charge in [-0.25, -0.2) is 4.98 Å². The Morgan fingerprint density at radius 3 is 2.65 bits per heavy atom. The van der Waals surface area contributed by atoms with Gasteiger partial charge in [0.25, 0.3) is 0 Å². The molecule has 0 saturated heterocycles. The molecule has 0 radical (unpaired) electrons. The zero-order valence-electron chi connectivity index (χ0n) is 10.3. The van der Waals surface area contributed by atoms with Crippen molar-refractivity contribution in [3.63, 3.8) is 0 Å². The predicted octanol–water partition coefficient (Wildman–Crippen LogP) is 5.14. The summed E-state index contributed by atoms with van der Waals surface area (Å²) in [5.74, 6) is 0.484. The van der Waals surface area contributed by atoms with E-state index < -0.39 is 0 Å². The van der Waals surface area contributed by atoms with Crippen molar-refractivity contribution in [3.8, 4) is 10.6 Å². The molecule has 0 fully saturated rings. The molecule has 1 aromatic heterocycles. The van der Waals surface area contributed by atoms with Crippen molar-refractivity contribution in [1.82, 2.24) is 4.98 Å². The van der Waals surface area contributed by atoms with Gasteiger partial charge in [0.1, 0.15) is 5.01 Å². The predicted molar refractivity (Wildman–Crippen MR) is 79.0 cm³/mol. The number of hydrogen-bond acceptors (Lipinski definition) is 2. The van der Waals surface area contributed by atoms with Gasteiger partial charge in [-0.2, -0.15) is 0 Å². The van der Waals surface area contributed by atoms with Crippen molar-refractivity contribution in [2.75, 3.05) is 0 Å². The van der Waals surface area contributed by atoms with Crippen LogP contribution in [0.4, 0.5) is 0 Å². The van der Waals surface area contributed by atoms with Crippen molar-refractivity contribution in [2.45, 2.75) is 32.0 Å². The van der Waals surface area contributed by atoms with E-state index in [0.29, 0.717) is 5.92 Å². The molecule has 0 N–H and O–H groups in total. The molecule has 90 valence electrons. The van der Waals surface area contributed by atoms with Crippen molar-refractivity contribution in [2.24, 2.45) is 0 Å². The number of thiazole rings is 1. The molecule has 17 heavy (non-hydrogen) atoms. The van der Waals surface area contributed by atoms with Crippen LogP contribution in [0, 0.1) is 6.92 Å². The van der Waals surface area contributed by atoms with Crippen LogP contribution in [0.5, 0.6) is 0 Å². The minimum atomic E-state index is 0.484. The lowest BCUT2D eigenvalue weighted by atomic mass is 10.1. The Morgan fingerprint density at radius 2 is 2.12 bits per heavy atom. The van der Waals surface area contributed by atoms with Crippen LogP contribution in [0.25, 0.3) is 10.6 Å². The van der Waals surface area contributed by atoms with E-state index in [4.69, 9.17) is 4.98 Å². The Labute approximate surface area is 115 Å². The number of aromatic nitrogens is 1. The van der Waals surface area contributed by atoms with E-state index in [-0.39, 0.29) is 0 Å². The van der Waals surface area contributed by atoms with Gasteiger partial charge >= 0.3 is 0 Å². The SMILES string of the molecule is Cc1cccc(-c2nc(C(C)C)c(CBr)s2)c1. The minimum Gasteiger partial charge on any atom is -0.241 e. The van der Waals surface area contributed by atoms with Gasteiger partial charge in [-0.15, -0.1) is 11.3 Å². The molecule has 0 bridgehead atoms. The Morgan fingerprint density at radius 1 is 1.35 bits per heavy atom. The Kier molecular flexibility index (Phi) is 4.00. The van der Waals surface area contributed by atoms with Crippen LogP contribution in [-0.4, -0.2) is 4.98 Å². The third kappa shape index (κ3) is 2.78. The van der Waals surface area contributed by atoms with Gasteiger partial charge in [-0.3, -0.25) is 0 Å². The normalized spacial score (nSPS) is 11.1. The molecule has 0 amide bonds. The van der Waals surface area contributed by atoms with E-state index >= 15 is 0 Å². The second kappa shape index (κ2) is 5.32. The van der Waals surface area contributed by atoms with E-state index in [1.807, 2.05) is 0 Å². The van der Waals surface area contributed by atoms with Crippen LogP contribution in [0.3, 0.4) is 0 Å². The quantitative estimate of drug-likeness (QED) is 0.716.